The number of aromatic nitrogens is 3. The van der Waals surface area contributed by atoms with E-state index in [0.717, 1.165) is 12.1 Å². The summed E-state index contributed by atoms with van der Waals surface area (Å²) in [5, 5.41) is 7.95. The van der Waals surface area contributed by atoms with Crippen molar-refractivity contribution in [1.82, 2.24) is 10.4 Å². The van der Waals surface area contributed by atoms with E-state index in [4.69, 9.17) is 4.52 Å². The van der Waals surface area contributed by atoms with Gasteiger partial charge in [0.1, 0.15) is 0 Å². The summed E-state index contributed by atoms with van der Waals surface area (Å²) in [5.41, 5.74) is 1.18. The fourth-order valence-electron chi connectivity index (χ4n) is 1.19. The molecular formula is C11H14N4O. The zero-order valence-electron chi connectivity index (χ0n) is 9.37. The highest BCUT2D eigenvalue weighted by atomic mass is 16.5. The highest BCUT2D eigenvalue weighted by Gasteiger charge is 2.04. The van der Waals surface area contributed by atoms with E-state index in [-0.39, 0.29) is 6.04 Å². The van der Waals surface area contributed by atoms with Gasteiger partial charge >= 0.3 is 0 Å². The molecule has 0 aliphatic rings. The van der Waals surface area contributed by atoms with Crippen molar-refractivity contribution in [2.24, 2.45) is 4.99 Å². The van der Waals surface area contributed by atoms with E-state index in [2.05, 4.69) is 22.3 Å². The SMILES string of the molecule is CCC(C)N=c1[n-][n+](-c2ccccc2)no1. The average molecular weight is 218 g/mol. The lowest BCUT2D eigenvalue weighted by Crippen LogP contribution is -2.40. The number of benzene rings is 1. The molecule has 0 aliphatic carbocycles. The lowest BCUT2D eigenvalue weighted by Gasteiger charge is -2.00. The first-order chi connectivity index (χ1) is 7.79. The van der Waals surface area contributed by atoms with Crippen LogP contribution in [0.1, 0.15) is 20.3 Å². The zero-order valence-corrected chi connectivity index (χ0v) is 9.37. The molecule has 16 heavy (non-hydrogen) atoms. The van der Waals surface area contributed by atoms with Crippen molar-refractivity contribution in [3.05, 3.63) is 36.0 Å². The highest BCUT2D eigenvalue weighted by Crippen LogP contribution is 1.94. The molecule has 0 radical (unpaired) electrons. The molecule has 0 fully saturated rings. The van der Waals surface area contributed by atoms with Gasteiger partial charge in [-0.3, -0.25) is 0 Å². The first kappa shape index (κ1) is 10.6. The molecule has 1 atom stereocenters. The van der Waals surface area contributed by atoms with Crippen LogP contribution in [0.2, 0.25) is 0 Å². The molecule has 0 spiro atoms. The maximum absolute atomic E-state index is 5.03. The van der Waals surface area contributed by atoms with Crippen LogP contribution >= 0.6 is 0 Å². The van der Waals surface area contributed by atoms with Gasteiger partial charge in [-0.15, -0.1) is 0 Å². The van der Waals surface area contributed by atoms with Crippen LogP contribution in [0.5, 0.6) is 0 Å². The summed E-state index contributed by atoms with van der Waals surface area (Å²) < 4.78 is 5.03. The van der Waals surface area contributed by atoms with Crippen LogP contribution in [0.4, 0.5) is 0 Å². The van der Waals surface area contributed by atoms with E-state index in [9.17, 15) is 0 Å². The van der Waals surface area contributed by atoms with Gasteiger partial charge in [-0.05, 0) is 17.3 Å². The largest absolute Gasteiger partial charge is 0.361 e. The normalized spacial score (nSPS) is 14.0. The molecule has 0 amide bonds. The Morgan fingerprint density at radius 2 is 2.19 bits per heavy atom. The second-order valence-electron chi connectivity index (χ2n) is 3.57. The van der Waals surface area contributed by atoms with Gasteiger partial charge in [0.25, 0.3) is 0 Å². The standard InChI is InChI=1S/C11H14N4O/c1-3-9(2)12-11-13-15(14-16-11)10-7-5-4-6-8-10/h4-9H,3H2,1-2H3. The summed E-state index contributed by atoms with van der Waals surface area (Å²) in [6.07, 6.45) is 0.952. The smallest absolute Gasteiger partial charge is 0.247 e. The Balaban J connectivity index is 2.30. The Kier molecular flexibility index (Phi) is 3.14. The molecule has 1 unspecified atom stereocenters. The van der Waals surface area contributed by atoms with Crippen molar-refractivity contribution in [2.75, 3.05) is 0 Å². The Bertz CT molecular complexity index is 500. The van der Waals surface area contributed by atoms with E-state index < -0.39 is 0 Å². The molecular weight excluding hydrogens is 204 g/mol. The van der Waals surface area contributed by atoms with Crippen LogP contribution in [0.3, 0.4) is 0 Å². The molecule has 0 saturated heterocycles. The Hall–Kier alpha value is -1.91. The highest BCUT2D eigenvalue weighted by molar-refractivity contribution is 5.19. The quantitative estimate of drug-likeness (QED) is 0.709. The first-order valence-corrected chi connectivity index (χ1v) is 5.32. The van der Waals surface area contributed by atoms with Gasteiger partial charge in [-0.25, -0.2) is 0 Å². The van der Waals surface area contributed by atoms with Crippen LogP contribution in [0, 0.1) is 0 Å². The van der Waals surface area contributed by atoms with Crippen LogP contribution in [-0.4, -0.2) is 11.3 Å². The molecule has 0 aliphatic heterocycles. The molecule has 1 heterocycles. The second kappa shape index (κ2) is 4.74. The van der Waals surface area contributed by atoms with Crippen LogP contribution in [0.25, 0.3) is 5.69 Å². The average Bonchev–Trinajstić information content (AvgIpc) is 2.78. The van der Waals surface area contributed by atoms with Gasteiger partial charge in [0.2, 0.25) is 11.4 Å². The Morgan fingerprint density at radius 1 is 1.44 bits per heavy atom. The van der Waals surface area contributed by atoms with Gasteiger partial charge in [-0.1, -0.05) is 37.1 Å². The van der Waals surface area contributed by atoms with Crippen molar-refractivity contribution in [2.45, 2.75) is 26.3 Å². The summed E-state index contributed by atoms with van der Waals surface area (Å²) in [7, 11) is 0. The predicted octanol–water partition coefficient (Wildman–Crippen LogP) is 0.608. The minimum Gasteiger partial charge on any atom is -0.361 e. The van der Waals surface area contributed by atoms with Crippen molar-refractivity contribution in [1.29, 1.82) is 0 Å². The van der Waals surface area contributed by atoms with Crippen molar-refractivity contribution in [3.8, 4) is 5.69 Å². The number of hydrogen-bond acceptors (Lipinski definition) is 3. The molecule has 84 valence electrons. The molecule has 2 rings (SSSR count). The molecule has 0 bridgehead atoms. The fraction of sp³-hybridized carbons (Fsp3) is 0.364. The predicted molar refractivity (Wildman–Crippen MR) is 56.7 cm³/mol. The molecule has 1 aromatic carbocycles. The summed E-state index contributed by atoms with van der Waals surface area (Å²) >= 11 is 0. The van der Waals surface area contributed by atoms with Crippen molar-refractivity contribution in [3.63, 3.8) is 0 Å². The molecule has 5 nitrogen and oxygen atoms in total. The zero-order chi connectivity index (χ0) is 11.4. The minimum absolute atomic E-state index is 0.199. The number of nitrogens with zero attached hydrogens (tertiary/aromatic N) is 4. The van der Waals surface area contributed by atoms with E-state index in [0.29, 0.717) is 5.68 Å². The molecule has 5 heteroatoms. The van der Waals surface area contributed by atoms with Crippen LogP contribution in [-0.2, 0) is 0 Å². The summed E-state index contributed by atoms with van der Waals surface area (Å²) in [6, 6.07) is 9.79. The molecule has 2 aromatic rings. The van der Waals surface area contributed by atoms with E-state index >= 15 is 0 Å². The van der Waals surface area contributed by atoms with Gasteiger partial charge in [0, 0.05) is 12.1 Å². The van der Waals surface area contributed by atoms with E-state index in [1.165, 1.54) is 4.80 Å². The number of rotatable bonds is 3. The second-order valence-corrected chi connectivity index (χ2v) is 3.57. The summed E-state index contributed by atoms with van der Waals surface area (Å²) in [6.45, 7) is 4.08. The summed E-state index contributed by atoms with van der Waals surface area (Å²) in [4.78, 5) is 5.69. The third-order valence-corrected chi connectivity index (χ3v) is 2.29. The van der Waals surface area contributed by atoms with Crippen molar-refractivity contribution >= 4 is 0 Å². The lowest BCUT2D eigenvalue weighted by atomic mass is 10.3. The monoisotopic (exact) mass is 218 g/mol. The maximum atomic E-state index is 5.03. The lowest BCUT2D eigenvalue weighted by molar-refractivity contribution is -0.730. The van der Waals surface area contributed by atoms with Gasteiger partial charge < -0.3 is 9.52 Å². The third-order valence-electron chi connectivity index (χ3n) is 2.29. The third kappa shape index (κ3) is 2.36. The van der Waals surface area contributed by atoms with Gasteiger partial charge in [0.15, 0.2) is 0 Å². The fourth-order valence-corrected chi connectivity index (χ4v) is 1.19. The first-order valence-electron chi connectivity index (χ1n) is 5.32. The van der Waals surface area contributed by atoms with E-state index in [1.54, 1.807) is 0 Å². The van der Waals surface area contributed by atoms with Crippen molar-refractivity contribution < 1.29 is 9.32 Å². The van der Waals surface area contributed by atoms with Crippen LogP contribution < -0.4 is 15.6 Å². The molecule has 1 aromatic heterocycles. The topological polar surface area (TPSA) is 56.4 Å². The van der Waals surface area contributed by atoms with Gasteiger partial charge in [-0.2, -0.15) is 0 Å². The van der Waals surface area contributed by atoms with Gasteiger partial charge in [0.05, 0.1) is 5.27 Å². The van der Waals surface area contributed by atoms with Crippen LogP contribution in [0.15, 0.2) is 39.8 Å². The Morgan fingerprint density at radius 3 is 2.88 bits per heavy atom. The Labute approximate surface area is 93.4 Å². The molecule has 0 saturated carbocycles. The van der Waals surface area contributed by atoms with E-state index in [1.807, 2.05) is 37.3 Å². The summed E-state index contributed by atoms with van der Waals surface area (Å²) in [5.74, 6) is 0. The number of hydrogen-bond donors (Lipinski definition) is 0. The number of para-hydroxylation sites is 1. The maximum Gasteiger partial charge on any atom is 0.247 e. The minimum atomic E-state index is 0.199. The molecule has 0 N–H and O–H groups in total.